The summed E-state index contributed by atoms with van der Waals surface area (Å²) >= 11 is 0. The summed E-state index contributed by atoms with van der Waals surface area (Å²) in [7, 11) is 0. The van der Waals surface area contributed by atoms with E-state index in [4.69, 9.17) is 9.84 Å². The summed E-state index contributed by atoms with van der Waals surface area (Å²) in [5.74, 6) is -0.567. The molecule has 3 nitrogen and oxygen atoms in total. The van der Waals surface area contributed by atoms with E-state index < -0.39 is 5.97 Å². The van der Waals surface area contributed by atoms with Gasteiger partial charge in [-0.25, -0.2) is 4.79 Å². The molecule has 0 fully saturated rings. The number of benzene rings is 2. The third-order valence-corrected chi connectivity index (χ3v) is 2.84. The molecule has 2 aromatic rings. The minimum absolute atomic E-state index is 0.202. The van der Waals surface area contributed by atoms with Crippen LogP contribution in [0, 0.1) is 13.8 Å². The van der Waals surface area contributed by atoms with Crippen molar-refractivity contribution < 1.29 is 14.6 Å². The number of carboxylic acids is 1. The van der Waals surface area contributed by atoms with E-state index in [-0.39, 0.29) is 5.56 Å². The van der Waals surface area contributed by atoms with Crippen molar-refractivity contribution in [3.8, 4) is 5.75 Å². The van der Waals surface area contributed by atoms with Crippen molar-refractivity contribution in [2.24, 2.45) is 0 Å². The van der Waals surface area contributed by atoms with E-state index in [1.807, 2.05) is 44.2 Å². The monoisotopic (exact) mass is 256 g/mol. The standard InChI is InChI=1S/C16H16O3/c1-11-4-3-5-13(8-11)10-19-15-7-6-12(2)9-14(15)16(17)18/h3-9H,10H2,1-2H3,(H,17,18). The van der Waals surface area contributed by atoms with Gasteiger partial charge < -0.3 is 9.84 Å². The molecule has 98 valence electrons. The fraction of sp³-hybridized carbons (Fsp3) is 0.188. The van der Waals surface area contributed by atoms with Crippen LogP contribution >= 0.6 is 0 Å². The fourth-order valence-corrected chi connectivity index (χ4v) is 1.90. The maximum atomic E-state index is 11.2. The van der Waals surface area contributed by atoms with Crippen LogP contribution in [0.1, 0.15) is 27.0 Å². The Labute approximate surface area is 112 Å². The van der Waals surface area contributed by atoms with E-state index in [9.17, 15) is 4.79 Å². The number of aryl methyl sites for hydroxylation is 2. The topological polar surface area (TPSA) is 46.5 Å². The Hall–Kier alpha value is -2.29. The molecule has 2 rings (SSSR count). The third kappa shape index (κ3) is 3.35. The minimum Gasteiger partial charge on any atom is -0.488 e. The number of aromatic carboxylic acids is 1. The van der Waals surface area contributed by atoms with E-state index in [0.717, 1.165) is 16.7 Å². The van der Waals surface area contributed by atoms with Gasteiger partial charge in [-0.1, -0.05) is 41.5 Å². The molecule has 0 saturated carbocycles. The zero-order valence-corrected chi connectivity index (χ0v) is 11.0. The highest BCUT2D eigenvalue weighted by Crippen LogP contribution is 2.21. The Bertz CT molecular complexity index is 603. The van der Waals surface area contributed by atoms with Crippen molar-refractivity contribution in [2.75, 3.05) is 0 Å². The highest BCUT2D eigenvalue weighted by atomic mass is 16.5. The average Bonchev–Trinajstić information content (AvgIpc) is 2.37. The van der Waals surface area contributed by atoms with Crippen LogP contribution in [-0.4, -0.2) is 11.1 Å². The second-order valence-corrected chi connectivity index (χ2v) is 4.58. The van der Waals surface area contributed by atoms with Crippen LogP contribution in [0.5, 0.6) is 5.75 Å². The van der Waals surface area contributed by atoms with Gasteiger partial charge in [-0.15, -0.1) is 0 Å². The van der Waals surface area contributed by atoms with Gasteiger partial charge in [0.1, 0.15) is 17.9 Å². The van der Waals surface area contributed by atoms with Gasteiger partial charge in [0.15, 0.2) is 0 Å². The van der Waals surface area contributed by atoms with Gasteiger partial charge in [0.05, 0.1) is 0 Å². The molecular formula is C16H16O3. The van der Waals surface area contributed by atoms with Crippen molar-refractivity contribution in [2.45, 2.75) is 20.5 Å². The predicted octanol–water partition coefficient (Wildman–Crippen LogP) is 3.58. The SMILES string of the molecule is Cc1cccc(COc2ccc(C)cc2C(=O)O)c1. The number of rotatable bonds is 4. The Kier molecular flexibility index (Phi) is 3.85. The van der Waals surface area contributed by atoms with E-state index in [2.05, 4.69) is 0 Å². The normalized spacial score (nSPS) is 10.2. The van der Waals surface area contributed by atoms with Crippen LogP contribution in [0.15, 0.2) is 42.5 Å². The van der Waals surface area contributed by atoms with Crippen molar-refractivity contribution in [1.82, 2.24) is 0 Å². The lowest BCUT2D eigenvalue weighted by atomic mass is 10.1. The van der Waals surface area contributed by atoms with Gasteiger partial charge in [-0.3, -0.25) is 0 Å². The number of hydrogen-bond donors (Lipinski definition) is 1. The summed E-state index contributed by atoms with van der Waals surface area (Å²) in [5.41, 5.74) is 3.29. The zero-order chi connectivity index (χ0) is 13.8. The second kappa shape index (κ2) is 5.57. The minimum atomic E-state index is -0.969. The molecule has 2 aromatic carbocycles. The molecule has 0 spiro atoms. The molecule has 1 N–H and O–H groups in total. The molecule has 0 aliphatic heterocycles. The molecule has 0 bridgehead atoms. The van der Waals surface area contributed by atoms with E-state index in [1.54, 1.807) is 12.1 Å². The summed E-state index contributed by atoms with van der Waals surface area (Å²) in [4.78, 5) is 11.2. The van der Waals surface area contributed by atoms with E-state index in [1.165, 1.54) is 0 Å². The molecular weight excluding hydrogens is 240 g/mol. The third-order valence-electron chi connectivity index (χ3n) is 2.84. The van der Waals surface area contributed by atoms with Crippen LogP contribution in [0.3, 0.4) is 0 Å². The van der Waals surface area contributed by atoms with Gasteiger partial charge in [-0.05, 0) is 31.5 Å². The molecule has 0 saturated heterocycles. The Balaban J connectivity index is 2.17. The van der Waals surface area contributed by atoms with Crippen molar-refractivity contribution in [3.05, 3.63) is 64.7 Å². The first kappa shape index (κ1) is 13.1. The summed E-state index contributed by atoms with van der Waals surface area (Å²) < 4.78 is 5.61. The molecule has 0 heterocycles. The van der Waals surface area contributed by atoms with Crippen LogP contribution in [-0.2, 0) is 6.61 Å². The quantitative estimate of drug-likeness (QED) is 0.909. The summed E-state index contributed by atoms with van der Waals surface area (Å²) in [6.07, 6.45) is 0. The van der Waals surface area contributed by atoms with Gasteiger partial charge in [-0.2, -0.15) is 0 Å². The molecule has 0 amide bonds. The van der Waals surface area contributed by atoms with Crippen molar-refractivity contribution in [1.29, 1.82) is 0 Å². The first-order valence-electron chi connectivity index (χ1n) is 6.08. The van der Waals surface area contributed by atoms with E-state index >= 15 is 0 Å². The van der Waals surface area contributed by atoms with E-state index in [0.29, 0.717) is 12.4 Å². The van der Waals surface area contributed by atoms with Gasteiger partial charge in [0, 0.05) is 0 Å². The highest BCUT2D eigenvalue weighted by Gasteiger charge is 2.11. The maximum absolute atomic E-state index is 11.2. The molecule has 0 radical (unpaired) electrons. The van der Waals surface area contributed by atoms with Gasteiger partial charge in [0.2, 0.25) is 0 Å². The molecule has 19 heavy (non-hydrogen) atoms. The average molecular weight is 256 g/mol. The Morgan fingerprint density at radius 1 is 1.11 bits per heavy atom. The Morgan fingerprint density at radius 2 is 1.84 bits per heavy atom. The number of ether oxygens (including phenoxy) is 1. The first-order valence-corrected chi connectivity index (χ1v) is 6.08. The molecule has 0 aromatic heterocycles. The zero-order valence-electron chi connectivity index (χ0n) is 11.0. The predicted molar refractivity (Wildman–Crippen MR) is 73.6 cm³/mol. The van der Waals surface area contributed by atoms with Crippen molar-refractivity contribution in [3.63, 3.8) is 0 Å². The smallest absolute Gasteiger partial charge is 0.339 e. The first-order chi connectivity index (χ1) is 9.06. The molecule has 3 heteroatoms. The maximum Gasteiger partial charge on any atom is 0.339 e. The number of carboxylic acid groups (broad SMARTS) is 1. The van der Waals surface area contributed by atoms with Crippen LogP contribution in [0.2, 0.25) is 0 Å². The number of hydrogen-bond acceptors (Lipinski definition) is 2. The lowest BCUT2D eigenvalue weighted by molar-refractivity contribution is 0.0691. The summed E-state index contributed by atoms with van der Waals surface area (Å²) in [6.45, 7) is 4.24. The van der Waals surface area contributed by atoms with Gasteiger partial charge >= 0.3 is 5.97 Å². The summed E-state index contributed by atoms with van der Waals surface area (Å²) in [6, 6.07) is 13.1. The lowest BCUT2D eigenvalue weighted by Gasteiger charge is -2.10. The summed E-state index contributed by atoms with van der Waals surface area (Å²) in [5, 5.41) is 9.15. The van der Waals surface area contributed by atoms with Crippen molar-refractivity contribution >= 4 is 5.97 Å². The fourth-order valence-electron chi connectivity index (χ4n) is 1.90. The van der Waals surface area contributed by atoms with Crippen LogP contribution < -0.4 is 4.74 Å². The largest absolute Gasteiger partial charge is 0.488 e. The lowest BCUT2D eigenvalue weighted by Crippen LogP contribution is -2.04. The van der Waals surface area contributed by atoms with Crippen LogP contribution in [0.25, 0.3) is 0 Å². The molecule has 0 aliphatic carbocycles. The Morgan fingerprint density at radius 3 is 2.53 bits per heavy atom. The number of carbonyl (C=O) groups is 1. The van der Waals surface area contributed by atoms with Gasteiger partial charge in [0.25, 0.3) is 0 Å². The second-order valence-electron chi connectivity index (χ2n) is 4.58. The molecule has 0 aliphatic rings. The van der Waals surface area contributed by atoms with Crippen LogP contribution in [0.4, 0.5) is 0 Å². The molecule has 0 unspecified atom stereocenters. The molecule has 0 atom stereocenters. The highest BCUT2D eigenvalue weighted by molar-refractivity contribution is 5.91.